The molecule has 0 aliphatic heterocycles. The molecule has 2 atom stereocenters. The fourth-order valence-electron chi connectivity index (χ4n) is 2.68. The number of nitrogens with one attached hydrogen (secondary N) is 1. The van der Waals surface area contributed by atoms with E-state index in [9.17, 15) is 23.1 Å². The van der Waals surface area contributed by atoms with Crippen LogP contribution >= 0.6 is 0 Å². The zero-order valence-corrected chi connectivity index (χ0v) is 11.5. The van der Waals surface area contributed by atoms with Gasteiger partial charge >= 0.3 is 6.18 Å². The van der Waals surface area contributed by atoms with Gasteiger partial charge in [-0.15, -0.1) is 0 Å². The van der Waals surface area contributed by atoms with Crippen molar-refractivity contribution in [3.63, 3.8) is 0 Å². The van der Waals surface area contributed by atoms with E-state index in [4.69, 9.17) is 0 Å². The lowest BCUT2D eigenvalue weighted by Crippen LogP contribution is -2.43. The molecule has 1 aromatic carbocycles. The van der Waals surface area contributed by atoms with Crippen molar-refractivity contribution in [2.24, 2.45) is 5.92 Å². The van der Waals surface area contributed by atoms with Crippen molar-refractivity contribution >= 4 is 5.91 Å². The van der Waals surface area contributed by atoms with E-state index in [1.807, 2.05) is 0 Å². The SMILES string of the molecule is O=C(NC1CCCCC1CO)c1ccc(C(F)(F)F)cc1. The first-order chi connectivity index (χ1) is 9.91. The Labute approximate surface area is 121 Å². The highest BCUT2D eigenvalue weighted by Crippen LogP contribution is 2.29. The third-order valence-corrected chi connectivity index (χ3v) is 3.93. The fraction of sp³-hybridized carbons (Fsp3) is 0.533. The molecule has 3 nitrogen and oxygen atoms in total. The van der Waals surface area contributed by atoms with Crippen LogP contribution in [-0.2, 0) is 6.18 Å². The van der Waals surface area contributed by atoms with Crippen LogP contribution in [0.4, 0.5) is 13.2 Å². The van der Waals surface area contributed by atoms with Gasteiger partial charge in [-0.1, -0.05) is 12.8 Å². The van der Waals surface area contributed by atoms with Gasteiger partial charge in [0.05, 0.1) is 5.56 Å². The highest BCUT2D eigenvalue weighted by molar-refractivity contribution is 5.94. The van der Waals surface area contributed by atoms with E-state index in [1.54, 1.807) is 0 Å². The van der Waals surface area contributed by atoms with Gasteiger partial charge in [0.25, 0.3) is 5.91 Å². The summed E-state index contributed by atoms with van der Waals surface area (Å²) in [6.45, 7) is 0.0119. The summed E-state index contributed by atoms with van der Waals surface area (Å²) in [5, 5.41) is 12.1. The number of halogens is 3. The van der Waals surface area contributed by atoms with Crippen molar-refractivity contribution in [3.05, 3.63) is 35.4 Å². The highest BCUT2D eigenvalue weighted by atomic mass is 19.4. The quantitative estimate of drug-likeness (QED) is 0.901. The summed E-state index contributed by atoms with van der Waals surface area (Å²) in [5.74, 6) is -0.369. The fourth-order valence-corrected chi connectivity index (χ4v) is 2.68. The van der Waals surface area contributed by atoms with Gasteiger partial charge in [-0.25, -0.2) is 0 Å². The molecular formula is C15H18F3NO2. The van der Waals surface area contributed by atoms with E-state index >= 15 is 0 Å². The first-order valence-corrected chi connectivity index (χ1v) is 7.01. The highest BCUT2D eigenvalue weighted by Gasteiger charge is 2.30. The summed E-state index contributed by atoms with van der Waals surface area (Å²) in [6.07, 6.45) is -0.751. The molecule has 1 amide bonds. The minimum absolute atomic E-state index is 0.0119. The van der Waals surface area contributed by atoms with Crippen molar-refractivity contribution in [2.75, 3.05) is 6.61 Å². The van der Waals surface area contributed by atoms with Crippen molar-refractivity contribution < 1.29 is 23.1 Å². The van der Waals surface area contributed by atoms with Crippen LogP contribution in [0, 0.1) is 5.92 Å². The lowest BCUT2D eigenvalue weighted by Gasteiger charge is -2.30. The Bertz CT molecular complexity index is 485. The van der Waals surface area contributed by atoms with Crippen LogP contribution in [0.15, 0.2) is 24.3 Å². The van der Waals surface area contributed by atoms with Gasteiger partial charge in [0.1, 0.15) is 0 Å². The molecule has 1 saturated carbocycles. The molecule has 0 bridgehead atoms. The number of hydrogen-bond acceptors (Lipinski definition) is 2. The molecule has 1 aromatic rings. The van der Waals surface area contributed by atoms with E-state index in [0.29, 0.717) is 0 Å². The van der Waals surface area contributed by atoms with Gasteiger partial charge in [0.2, 0.25) is 0 Å². The monoisotopic (exact) mass is 301 g/mol. The lowest BCUT2D eigenvalue weighted by atomic mass is 9.85. The number of rotatable bonds is 3. The third kappa shape index (κ3) is 3.97. The van der Waals surface area contributed by atoms with E-state index in [2.05, 4.69) is 5.32 Å². The first kappa shape index (κ1) is 15.8. The standard InChI is InChI=1S/C15H18F3NO2/c16-15(17,18)12-7-5-10(6-8-12)14(21)19-13-4-2-1-3-11(13)9-20/h5-8,11,13,20H,1-4,9H2,(H,19,21). The molecule has 116 valence electrons. The van der Waals surface area contributed by atoms with Crippen LogP contribution in [0.3, 0.4) is 0 Å². The predicted octanol–water partition coefficient (Wildman–Crippen LogP) is 2.99. The molecule has 2 N–H and O–H groups in total. The predicted molar refractivity (Wildman–Crippen MR) is 71.7 cm³/mol. The van der Waals surface area contributed by atoms with Crippen molar-refractivity contribution in [2.45, 2.75) is 37.9 Å². The molecule has 1 fully saturated rings. The molecule has 2 unspecified atom stereocenters. The summed E-state index contributed by atoms with van der Waals surface area (Å²) >= 11 is 0. The van der Waals surface area contributed by atoms with E-state index < -0.39 is 17.6 Å². The Morgan fingerprint density at radius 2 is 1.81 bits per heavy atom. The largest absolute Gasteiger partial charge is 0.416 e. The molecular weight excluding hydrogens is 283 g/mol. The zero-order chi connectivity index (χ0) is 15.5. The number of alkyl halides is 3. The number of carbonyl (C=O) groups is 1. The van der Waals surface area contributed by atoms with Crippen LogP contribution in [0.2, 0.25) is 0 Å². The lowest BCUT2D eigenvalue weighted by molar-refractivity contribution is -0.137. The minimum atomic E-state index is -4.40. The number of aliphatic hydroxyl groups is 1. The van der Waals surface area contributed by atoms with Crippen molar-refractivity contribution in [3.8, 4) is 0 Å². The number of amides is 1. The number of hydrogen-bond donors (Lipinski definition) is 2. The van der Waals surface area contributed by atoms with Gasteiger partial charge in [-0.05, 0) is 37.1 Å². The Morgan fingerprint density at radius 1 is 1.19 bits per heavy atom. The topological polar surface area (TPSA) is 49.3 Å². The van der Waals surface area contributed by atoms with Crippen LogP contribution < -0.4 is 5.32 Å². The summed E-state index contributed by atoms with van der Waals surface area (Å²) in [7, 11) is 0. The van der Waals surface area contributed by atoms with Crippen molar-refractivity contribution in [1.29, 1.82) is 0 Å². The molecule has 21 heavy (non-hydrogen) atoms. The molecule has 1 aliphatic carbocycles. The van der Waals surface area contributed by atoms with Crippen LogP contribution in [0.5, 0.6) is 0 Å². The van der Waals surface area contributed by atoms with Gasteiger partial charge < -0.3 is 10.4 Å². The van der Waals surface area contributed by atoms with Gasteiger partial charge in [-0.2, -0.15) is 13.2 Å². The Morgan fingerprint density at radius 3 is 2.38 bits per heavy atom. The third-order valence-electron chi connectivity index (χ3n) is 3.93. The van der Waals surface area contributed by atoms with Crippen LogP contribution in [0.1, 0.15) is 41.6 Å². The van der Waals surface area contributed by atoms with Gasteiger partial charge in [0, 0.05) is 24.1 Å². The molecule has 0 heterocycles. The second-order valence-corrected chi connectivity index (χ2v) is 5.38. The van der Waals surface area contributed by atoms with E-state index in [0.717, 1.165) is 37.8 Å². The summed E-state index contributed by atoms with van der Waals surface area (Å²) in [5.41, 5.74) is -0.574. The Balaban J connectivity index is 2.03. The molecule has 0 radical (unpaired) electrons. The minimum Gasteiger partial charge on any atom is -0.396 e. The zero-order valence-electron chi connectivity index (χ0n) is 11.5. The van der Waals surface area contributed by atoms with Gasteiger partial charge in [0.15, 0.2) is 0 Å². The van der Waals surface area contributed by atoms with Crippen LogP contribution in [-0.4, -0.2) is 23.7 Å². The van der Waals surface area contributed by atoms with Gasteiger partial charge in [-0.3, -0.25) is 4.79 Å². The van der Waals surface area contributed by atoms with E-state index in [-0.39, 0.29) is 24.1 Å². The first-order valence-electron chi connectivity index (χ1n) is 7.01. The second-order valence-electron chi connectivity index (χ2n) is 5.38. The number of benzene rings is 1. The molecule has 1 aliphatic rings. The molecule has 0 saturated heterocycles. The maximum absolute atomic E-state index is 12.5. The maximum atomic E-state index is 12.5. The summed E-state index contributed by atoms with van der Waals surface area (Å²) in [4.78, 5) is 12.1. The smallest absolute Gasteiger partial charge is 0.396 e. The number of aliphatic hydroxyl groups excluding tert-OH is 1. The number of carbonyl (C=O) groups excluding carboxylic acids is 1. The summed E-state index contributed by atoms with van der Waals surface area (Å²) in [6, 6.07) is 4.04. The molecule has 6 heteroatoms. The Hall–Kier alpha value is -1.56. The molecule has 0 spiro atoms. The normalized spacial score (nSPS) is 22.9. The second kappa shape index (κ2) is 6.47. The van der Waals surface area contributed by atoms with E-state index in [1.165, 1.54) is 12.1 Å². The average Bonchev–Trinajstić information content (AvgIpc) is 2.47. The Kier molecular flexibility index (Phi) is 4.88. The van der Waals surface area contributed by atoms with Crippen molar-refractivity contribution in [1.82, 2.24) is 5.32 Å². The molecule has 2 rings (SSSR count). The molecule has 0 aromatic heterocycles. The maximum Gasteiger partial charge on any atom is 0.416 e. The average molecular weight is 301 g/mol. The van der Waals surface area contributed by atoms with Crippen LogP contribution in [0.25, 0.3) is 0 Å². The summed E-state index contributed by atoms with van der Waals surface area (Å²) < 4.78 is 37.4.